The summed E-state index contributed by atoms with van der Waals surface area (Å²) in [5.74, 6) is 0.807. The van der Waals surface area contributed by atoms with Gasteiger partial charge in [-0.25, -0.2) is 0 Å². The third kappa shape index (κ3) is 2.60. The Hall–Kier alpha value is -1.24. The Labute approximate surface area is 117 Å². The summed E-state index contributed by atoms with van der Waals surface area (Å²) >= 11 is 8.14. The van der Waals surface area contributed by atoms with Crippen LogP contribution in [-0.4, -0.2) is 15.2 Å². The number of benzene rings is 1. The molecule has 0 aliphatic carbocycles. The number of para-hydroxylation sites is 1. The lowest BCUT2D eigenvalue weighted by molar-refractivity contribution is 1.00. The third-order valence-corrected chi connectivity index (χ3v) is 4.68. The maximum Gasteiger partial charge on any atom is 0.177 e. The first-order valence-corrected chi connectivity index (χ1v) is 7.55. The standard InChI is InChI=1S/C12H9N3S3/c16-11-14-15-12(18-11)17-7-9-6-5-8-3-1-2-4-10(8)13-9/h1-6H,7H2,(H,14,16). The van der Waals surface area contributed by atoms with E-state index in [1.165, 1.54) is 16.7 Å². The molecule has 1 N–H and O–H groups in total. The Morgan fingerprint density at radius 2 is 2.11 bits per heavy atom. The molecule has 0 saturated carbocycles. The van der Waals surface area contributed by atoms with Gasteiger partial charge in [0.05, 0.1) is 11.2 Å². The van der Waals surface area contributed by atoms with Gasteiger partial charge in [-0.15, -0.1) is 0 Å². The van der Waals surface area contributed by atoms with Crippen molar-refractivity contribution in [1.29, 1.82) is 0 Å². The molecule has 0 fully saturated rings. The molecule has 0 radical (unpaired) electrons. The summed E-state index contributed by atoms with van der Waals surface area (Å²) in [5, 5.41) is 8.06. The van der Waals surface area contributed by atoms with Gasteiger partial charge in [0.15, 0.2) is 8.29 Å². The summed E-state index contributed by atoms with van der Waals surface area (Å²) in [7, 11) is 0. The zero-order valence-corrected chi connectivity index (χ0v) is 11.7. The SMILES string of the molecule is S=c1[nH]nc(SCc2ccc3ccccc3n2)s1. The van der Waals surface area contributed by atoms with Crippen LogP contribution in [0.2, 0.25) is 0 Å². The fourth-order valence-electron chi connectivity index (χ4n) is 1.60. The number of aromatic amines is 1. The van der Waals surface area contributed by atoms with Gasteiger partial charge in [0.1, 0.15) is 0 Å². The molecule has 3 nitrogen and oxygen atoms in total. The van der Waals surface area contributed by atoms with E-state index >= 15 is 0 Å². The van der Waals surface area contributed by atoms with Crippen molar-refractivity contribution in [2.45, 2.75) is 10.1 Å². The van der Waals surface area contributed by atoms with E-state index in [1.807, 2.05) is 18.2 Å². The first-order valence-electron chi connectivity index (χ1n) is 5.34. The van der Waals surface area contributed by atoms with Gasteiger partial charge in [-0.1, -0.05) is 47.4 Å². The number of hydrogen-bond acceptors (Lipinski definition) is 5. The average molecular weight is 291 g/mol. The van der Waals surface area contributed by atoms with Crippen molar-refractivity contribution in [1.82, 2.24) is 15.2 Å². The average Bonchev–Trinajstić information content (AvgIpc) is 2.82. The number of nitrogens with one attached hydrogen (secondary N) is 1. The predicted octanol–water partition coefficient (Wildman–Crippen LogP) is 4.04. The topological polar surface area (TPSA) is 41.6 Å². The molecule has 18 heavy (non-hydrogen) atoms. The van der Waals surface area contributed by atoms with E-state index in [1.54, 1.807) is 11.8 Å². The number of fused-ring (bicyclic) bond motifs is 1. The second kappa shape index (κ2) is 5.17. The third-order valence-electron chi connectivity index (χ3n) is 2.42. The number of nitrogens with zero attached hydrogens (tertiary/aromatic N) is 2. The second-order valence-corrected chi connectivity index (χ2v) is 6.55. The number of rotatable bonds is 3. The number of hydrogen-bond donors (Lipinski definition) is 1. The molecule has 0 aliphatic rings. The van der Waals surface area contributed by atoms with Crippen molar-refractivity contribution in [3.05, 3.63) is 46.0 Å². The van der Waals surface area contributed by atoms with Crippen LogP contribution in [0, 0.1) is 3.95 Å². The van der Waals surface area contributed by atoms with Gasteiger partial charge >= 0.3 is 0 Å². The Morgan fingerprint density at radius 1 is 1.22 bits per heavy atom. The maximum atomic E-state index is 5.00. The Kier molecular flexibility index (Phi) is 3.40. The maximum absolute atomic E-state index is 5.00. The van der Waals surface area contributed by atoms with Crippen molar-refractivity contribution < 1.29 is 0 Å². The number of aromatic nitrogens is 3. The second-order valence-electron chi connectivity index (χ2n) is 3.66. The summed E-state index contributed by atoms with van der Waals surface area (Å²) in [4.78, 5) is 4.62. The van der Waals surface area contributed by atoms with Gasteiger partial charge in [0.25, 0.3) is 0 Å². The monoisotopic (exact) mass is 291 g/mol. The van der Waals surface area contributed by atoms with Gasteiger partial charge in [-0.3, -0.25) is 10.1 Å². The Morgan fingerprint density at radius 3 is 2.94 bits per heavy atom. The number of pyridine rings is 1. The summed E-state index contributed by atoms with van der Waals surface area (Å²) in [5.41, 5.74) is 2.09. The van der Waals surface area contributed by atoms with E-state index in [0.717, 1.165) is 21.3 Å². The molecule has 0 atom stereocenters. The van der Waals surface area contributed by atoms with E-state index in [0.29, 0.717) is 3.95 Å². The molecule has 90 valence electrons. The fourth-order valence-corrected chi connectivity index (χ4v) is 3.59. The molecule has 0 aliphatic heterocycles. The molecule has 1 aromatic carbocycles. The first-order chi connectivity index (χ1) is 8.81. The van der Waals surface area contributed by atoms with Crippen LogP contribution in [-0.2, 0) is 5.75 Å². The van der Waals surface area contributed by atoms with E-state index in [2.05, 4.69) is 33.4 Å². The quantitative estimate of drug-likeness (QED) is 0.584. The van der Waals surface area contributed by atoms with Crippen molar-refractivity contribution in [3.8, 4) is 0 Å². The van der Waals surface area contributed by atoms with Crippen molar-refractivity contribution in [2.75, 3.05) is 0 Å². The van der Waals surface area contributed by atoms with Crippen molar-refractivity contribution in [3.63, 3.8) is 0 Å². The molecule has 3 aromatic rings. The van der Waals surface area contributed by atoms with Crippen molar-refractivity contribution in [2.24, 2.45) is 0 Å². The molecule has 0 amide bonds. The van der Waals surface area contributed by atoms with E-state index in [9.17, 15) is 0 Å². The lowest BCUT2D eigenvalue weighted by atomic mass is 10.2. The summed E-state index contributed by atoms with van der Waals surface area (Å²) in [6.45, 7) is 0. The van der Waals surface area contributed by atoms with Gasteiger partial charge in [-0.05, 0) is 24.4 Å². The van der Waals surface area contributed by atoms with Crippen molar-refractivity contribution >= 4 is 46.2 Å². The minimum atomic E-state index is 0.712. The summed E-state index contributed by atoms with van der Waals surface area (Å²) in [6, 6.07) is 12.3. The molecule has 0 bridgehead atoms. The van der Waals surface area contributed by atoms with Crippen LogP contribution in [0.4, 0.5) is 0 Å². The van der Waals surface area contributed by atoms with Crippen LogP contribution in [0.3, 0.4) is 0 Å². The smallest absolute Gasteiger partial charge is 0.177 e. The minimum absolute atomic E-state index is 0.712. The minimum Gasteiger partial charge on any atom is -0.257 e. The first kappa shape index (κ1) is 11.8. The summed E-state index contributed by atoms with van der Waals surface area (Å²) in [6.07, 6.45) is 0. The van der Waals surface area contributed by atoms with Gasteiger partial charge in [-0.2, -0.15) is 5.10 Å². The molecular formula is C12H9N3S3. The van der Waals surface area contributed by atoms with E-state index in [4.69, 9.17) is 12.2 Å². The molecular weight excluding hydrogens is 282 g/mol. The molecule has 0 unspecified atom stereocenters. The molecule has 3 rings (SSSR count). The number of H-pyrrole nitrogens is 1. The van der Waals surface area contributed by atoms with E-state index in [-0.39, 0.29) is 0 Å². The van der Waals surface area contributed by atoms with Gasteiger partial charge < -0.3 is 0 Å². The summed E-state index contributed by atoms with van der Waals surface area (Å²) < 4.78 is 1.67. The van der Waals surface area contributed by atoms with Crippen LogP contribution in [0.5, 0.6) is 0 Å². The number of thioether (sulfide) groups is 1. The highest BCUT2D eigenvalue weighted by Gasteiger charge is 2.02. The Bertz CT molecular complexity index is 732. The van der Waals surface area contributed by atoms with Crippen LogP contribution in [0.15, 0.2) is 40.7 Å². The lowest BCUT2D eigenvalue weighted by Crippen LogP contribution is -1.87. The van der Waals surface area contributed by atoms with Gasteiger partial charge in [0, 0.05) is 11.1 Å². The Balaban J connectivity index is 1.80. The van der Waals surface area contributed by atoms with Crippen LogP contribution >= 0.6 is 35.3 Å². The zero-order chi connectivity index (χ0) is 12.4. The molecule has 2 aromatic heterocycles. The predicted molar refractivity (Wildman–Crippen MR) is 78.6 cm³/mol. The zero-order valence-electron chi connectivity index (χ0n) is 9.29. The van der Waals surface area contributed by atoms with E-state index < -0.39 is 0 Å². The highest BCUT2D eigenvalue weighted by Crippen LogP contribution is 2.24. The normalized spacial score (nSPS) is 10.9. The highest BCUT2D eigenvalue weighted by atomic mass is 32.2. The highest BCUT2D eigenvalue weighted by molar-refractivity contribution is 8.00. The molecule has 0 spiro atoms. The molecule has 2 heterocycles. The van der Waals surface area contributed by atoms with Crippen LogP contribution < -0.4 is 0 Å². The lowest BCUT2D eigenvalue weighted by Gasteiger charge is -2.01. The molecule has 6 heteroatoms. The largest absolute Gasteiger partial charge is 0.257 e. The van der Waals surface area contributed by atoms with Gasteiger partial charge in [0.2, 0.25) is 0 Å². The fraction of sp³-hybridized carbons (Fsp3) is 0.0833. The van der Waals surface area contributed by atoms with Crippen LogP contribution in [0.25, 0.3) is 10.9 Å². The molecule has 0 saturated heterocycles. The van der Waals surface area contributed by atoms with Crippen LogP contribution in [0.1, 0.15) is 5.69 Å².